The van der Waals surface area contributed by atoms with Gasteiger partial charge in [-0.05, 0) is 78.4 Å². The van der Waals surface area contributed by atoms with Gasteiger partial charge in [0.1, 0.15) is 6.07 Å². The molecule has 342 valence electrons. The van der Waals surface area contributed by atoms with Gasteiger partial charge in [0, 0.05) is 84.1 Å². The second kappa shape index (κ2) is 16.4. The van der Waals surface area contributed by atoms with Gasteiger partial charge >= 0.3 is 0 Å². The van der Waals surface area contributed by atoms with E-state index in [0.29, 0.717) is 28.6 Å². The summed E-state index contributed by atoms with van der Waals surface area (Å²) in [6.45, 7) is 0. The molecule has 0 aliphatic heterocycles. The van der Waals surface area contributed by atoms with Crippen LogP contribution in [0.3, 0.4) is 0 Å². The summed E-state index contributed by atoms with van der Waals surface area (Å²) in [5.74, 6) is 1.50. The van der Waals surface area contributed by atoms with Crippen LogP contribution in [-0.2, 0) is 0 Å². The molecular formula is C65H35N7S2. The molecule has 7 nitrogen and oxygen atoms in total. The molecule has 0 amide bonds. The summed E-state index contributed by atoms with van der Waals surface area (Å²) in [6, 6.07) is 78.2. The zero-order valence-electron chi connectivity index (χ0n) is 39.2. The lowest BCUT2D eigenvalue weighted by atomic mass is 9.99. The Morgan fingerprint density at radius 1 is 0.351 bits per heavy atom. The van der Waals surface area contributed by atoms with E-state index in [2.05, 4.69) is 173 Å². The Bertz CT molecular complexity index is 4950. The number of nitrogens with zero attached hydrogens (tertiary/aromatic N) is 7. The maximum absolute atomic E-state index is 10.8. The van der Waals surface area contributed by atoms with Gasteiger partial charge in [-0.1, -0.05) is 140 Å². The van der Waals surface area contributed by atoms with Crippen molar-refractivity contribution in [3.63, 3.8) is 0 Å². The standard InChI is InChI=1S/C65H35N7S2/c66-36-38-13-12-16-40(33-38)44-28-27-42(35-56(44)72-52-22-9-5-20-50(52)60-54(72)32-30-48-46-18-7-11-24-58(46)74-62(48)60)65-69-63(39-14-2-1-3-15-39)68-64(70-65)41-25-26-43(37-67)55(34-41)71-51-21-8-4-19-49(51)59-53(71)31-29-47-45-17-6-10-23-57(45)73-61(47)59/h1-35H. The topological polar surface area (TPSA) is 96.1 Å². The summed E-state index contributed by atoms with van der Waals surface area (Å²) in [6.07, 6.45) is 0. The van der Waals surface area contributed by atoms with E-state index in [4.69, 9.17) is 15.0 Å². The SMILES string of the molecule is N#Cc1cccc(-c2ccc(-c3nc(-c4ccccc4)nc(-c4ccc(C#N)c(-n5c6ccccc6c6c7sc8ccccc8c7ccc65)c4)n3)cc2-n2c3ccccc3c3c4sc5ccccc5c4ccc32)c1. The van der Waals surface area contributed by atoms with Crippen molar-refractivity contribution in [3.05, 3.63) is 223 Å². The average molecular weight is 978 g/mol. The Hall–Kier alpha value is -9.77. The first-order valence-electron chi connectivity index (χ1n) is 24.3. The monoisotopic (exact) mass is 977 g/mol. The van der Waals surface area contributed by atoms with Gasteiger partial charge in [0.2, 0.25) is 0 Å². The average Bonchev–Trinajstić information content (AvgIpc) is 4.23. The fourth-order valence-corrected chi connectivity index (χ4v) is 13.7. The molecule has 15 aromatic rings. The van der Waals surface area contributed by atoms with Crippen LogP contribution in [0.15, 0.2) is 212 Å². The first-order chi connectivity index (χ1) is 36.6. The van der Waals surface area contributed by atoms with Gasteiger partial charge in [-0.15, -0.1) is 22.7 Å². The van der Waals surface area contributed by atoms with Crippen molar-refractivity contribution >= 4 is 107 Å². The van der Waals surface area contributed by atoms with E-state index in [1.807, 2.05) is 83.3 Å². The molecule has 0 radical (unpaired) electrons. The van der Waals surface area contributed by atoms with Crippen LogP contribution >= 0.6 is 22.7 Å². The minimum atomic E-state index is 0.476. The van der Waals surface area contributed by atoms with Crippen LogP contribution in [-0.4, -0.2) is 24.1 Å². The molecule has 5 heterocycles. The van der Waals surface area contributed by atoms with Crippen LogP contribution in [0.1, 0.15) is 11.1 Å². The summed E-state index contributed by atoms with van der Waals surface area (Å²) in [4.78, 5) is 15.8. The molecule has 0 fully saturated rings. The van der Waals surface area contributed by atoms with Gasteiger partial charge in [0.25, 0.3) is 0 Å². The molecule has 74 heavy (non-hydrogen) atoms. The van der Waals surface area contributed by atoms with E-state index in [9.17, 15) is 10.5 Å². The largest absolute Gasteiger partial charge is 0.309 e. The number of hydrogen-bond donors (Lipinski definition) is 0. The number of benzene rings is 10. The van der Waals surface area contributed by atoms with Crippen molar-refractivity contribution in [1.82, 2.24) is 24.1 Å². The van der Waals surface area contributed by atoms with Crippen LogP contribution in [0.25, 0.3) is 141 Å². The summed E-state index contributed by atoms with van der Waals surface area (Å²) >= 11 is 3.63. The number of aromatic nitrogens is 5. The summed E-state index contributed by atoms with van der Waals surface area (Å²) in [5, 5.41) is 30.5. The molecule has 0 spiro atoms. The van der Waals surface area contributed by atoms with E-state index in [-0.39, 0.29) is 0 Å². The molecule has 0 bridgehead atoms. The van der Waals surface area contributed by atoms with Crippen molar-refractivity contribution < 1.29 is 0 Å². The molecule has 0 saturated carbocycles. The van der Waals surface area contributed by atoms with Gasteiger partial charge in [0.05, 0.1) is 50.6 Å². The lowest BCUT2D eigenvalue weighted by molar-refractivity contribution is 1.07. The Balaban J connectivity index is 0.967. The van der Waals surface area contributed by atoms with Gasteiger partial charge in [0.15, 0.2) is 17.5 Å². The zero-order chi connectivity index (χ0) is 49.0. The van der Waals surface area contributed by atoms with E-state index >= 15 is 0 Å². The van der Waals surface area contributed by atoms with Gasteiger partial charge in [-0.25, -0.2) is 15.0 Å². The Morgan fingerprint density at radius 2 is 0.851 bits per heavy atom. The molecule has 0 saturated heterocycles. The van der Waals surface area contributed by atoms with E-state index in [1.165, 1.54) is 45.7 Å². The summed E-state index contributed by atoms with van der Waals surface area (Å²) < 4.78 is 9.54. The van der Waals surface area contributed by atoms with Crippen molar-refractivity contribution in [2.45, 2.75) is 0 Å². The zero-order valence-corrected chi connectivity index (χ0v) is 40.8. The second-order valence-corrected chi connectivity index (χ2v) is 20.6. The number of fused-ring (bicyclic) bond motifs is 14. The number of nitriles is 2. The number of hydrogen-bond acceptors (Lipinski definition) is 7. The quantitative estimate of drug-likeness (QED) is 0.165. The minimum absolute atomic E-state index is 0.476. The predicted octanol–water partition coefficient (Wildman–Crippen LogP) is 17.2. The molecule has 0 aliphatic carbocycles. The fourth-order valence-electron chi connectivity index (χ4n) is 11.1. The minimum Gasteiger partial charge on any atom is -0.309 e. The first-order valence-corrected chi connectivity index (χ1v) is 25.9. The van der Waals surface area contributed by atoms with Gasteiger partial charge < -0.3 is 9.13 Å². The lowest BCUT2D eigenvalue weighted by Crippen LogP contribution is -2.03. The highest BCUT2D eigenvalue weighted by Crippen LogP contribution is 2.47. The predicted molar refractivity (Wildman–Crippen MR) is 305 cm³/mol. The lowest BCUT2D eigenvalue weighted by Gasteiger charge is -2.17. The molecule has 15 rings (SSSR count). The number of rotatable bonds is 6. The molecule has 0 unspecified atom stereocenters. The van der Waals surface area contributed by atoms with Crippen LogP contribution in [0, 0.1) is 22.7 Å². The van der Waals surface area contributed by atoms with Crippen molar-refractivity contribution in [3.8, 4) is 68.8 Å². The van der Waals surface area contributed by atoms with Crippen molar-refractivity contribution in [2.24, 2.45) is 0 Å². The van der Waals surface area contributed by atoms with Crippen molar-refractivity contribution in [2.75, 3.05) is 0 Å². The summed E-state index contributed by atoms with van der Waals surface area (Å²) in [7, 11) is 0. The van der Waals surface area contributed by atoms with Crippen LogP contribution < -0.4 is 0 Å². The fraction of sp³-hybridized carbons (Fsp3) is 0. The number of para-hydroxylation sites is 2. The highest BCUT2D eigenvalue weighted by Gasteiger charge is 2.24. The molecule has 9 heteroatoms. The highest BCUT2D eigenvalue weighted by molar-refractivity contribution is 7.27. The third kappa shape index (κ3) is 6.31. The first kappa shape index (κ1) is 42.0. The smallest absolute Gasteiger partial charge is 0.164 e. The maximum Gasteiger partial charge on any atom is 0.164 e. The third-order valence-electron chi connectivity index (χ3n) is 14.4. The number of thiophene rings is 2. The molecule has 0 atom stereocenters. The molecule has 0 N–H and O–H groups in total. The third-order valence-corrected chi connectivity index (χ3v) is 16.9. The van der Waals surface area contributed by atoms with E-state index in [1.54, 1.807) is 0 Å². The Labute approximate surface area is 431 Å². The summed E-state index contributed by atoms with van der Waals surface area (Å²) in [5.41, 5.74) is 11.2. The Morgan fingerprint density at radius 3 is 1.45 bits per heavy atom. The Kier molecular flexibility index (Phi) is 9.29. The van der Waals surface area contributed by atoms with E-state index in [0.717, 1.165) is 77.4 Å². The van der Waals surface area contributed by atoms with Crippen molar-refractivity contribution in [1.29, 1.82) is 10.5 Å². The molecular weight excluding hydrogens is 943 g/mol. The molecule has 0 aliphatic rings. The van der Waals surface area contributed by atoms with Gasteiger partial charge in [-0.3, -0.25) is 0 Å². The molecule has 10 aromatic carbocycles. The maximum atomic E-state index is 10.8. The second-order valence-electron chi connectivity index (χ2n) is 18.5. The van der Waals surface area contributed by atoms with E-state index < -0.39 is 0 Å². The van der Waals surface area contributed by atoms with Gasteiger partial charge in [-0.2, -0.15) is 10.5 Å². The van der Waals surface area contributed by atoms with Crippen LogP contribution in [0.2, 0.25) is 0 Å². The highest BCUT2D eigenvalue weighted by atomic mass is 32.1. The molecule has 5 aromatic heterocycles. The van der Waals surface area contributed by atoms with Crippen LogP contribution in [0.5, 0.6) is 0 Å². The van der Waals surface area contributed by atoms with Crippen LogP contribution in [0.4, 0.5) is 0 Å². The normalized spacial score (nSPS) is 11.8.